The van der Waals surface area contributed by atoms with Crippen molar-refractivity contribution in [1.82, 2.24) is 28.7 Å². The Balaban J connectivity index is 1.81. The molecule has 2 N–H and O–H groups in total. The summed E-state index contributed by atoms with van der Waals surface area (Å²) in [5.41, 5.74) is -0.648. The zero-order chi connectivity index (χ0) is 19.2. The van der Waals surface area contributed by atoms with Crippen molar-refractivity contribution in [3.05, 3.63) is 26.7 Å². The normalized spacial score (nSPS) is 18.5. The van der Waals surface area contributed by atoms with Crippen LogP contribution in [0.25, 0.3) is 11.2 Å². The van der Waals surface area contributed by atoms with Crippen molar-refractivity contribution in [2.45, 2.75) is 25.4 Å². The van der Waals surface area contributed by atoms with Gasteiger partial charge in [0.1, 0.15) is 17.4 Å². The highest BCUT2D eigenvalue weighted by atomic mass is 32.2. The highest BCUT2D eigenvalue weighted by Crippen LogP contribution is 2.20. The van der Waals surface area contributed by atoms with Gasteiger partial charge in [-0.3, -0.25) is 18.7 Å². The van der Waals surface area contributed by atoms with E-state index in [0.29, 0.717) is 25.2 Å². The number of nitrogens with one attached hydrogen (secondary N) is 2. The van der Waals surface area contributed by atoms with Gasteiger partial charge in [-0.25, -0.2) is 18.2 Å². The summed E-state index contributed by atoms with van der Waals surface area (Å²) in [6.07, 6.45) is 2.15. The number of aromatic nitrogens is 4. The fraction of sp³-hybridized carbons (Fsp3) is 0.571. The third kappa shape index (κ3) is 3.05. The van der Waals surface area contributed by atoms with E-state index in [-0.39, 0.29) is 17.7 Å². The fourth-order valence-corrected chi connectivity index (χ4v) is 4.27. The minimum atomic E-state index is -3.45. The number of fused-ring (bicyclic) bond motifs is 1. The summed E-state index contributed by atoms with van der Waals surface area (Å²) in [7, 11) is -0.591. The van der Waals surface area contributed by atoms with Gasteiger partial charge in [-0.1, -0.05) is 0 Å². The molecule has 1 unspecified atom stereocenters. The maximum atomic E-state index is 12.4. The summed E-state index contributed by atoms with van der Waals surface area (Å²) in [5.74, 6) is -0.120. The van der Waals surface area contributed by atoms with Gasteiger partial charge < -0.3 is 10.3 Å². The first-order chi connectivity index (χ1) is 12.1. The van der Waals surface area contributed by atoms with Gasteiger partial charge in [0.25, 0.3) is 5.56 Å². The lowest BCUT2D eigenvalue weighted by Crippen LogP contribution is -2.45. The first kappa shape index (κ1) is 18.3. The Kier molecular flexibility index (Phi) is 4.48. The molecule has 1 saturated heterocycles. The third-order valence-electron chi connectivity index (χ3n) is 4.51. The molecule has 12 heteroatoms. The lowest BCUT2D eigenvalue weighted by Gasteiger charge is -2.21. The zero-order valence-corrected chi connectivity index (χ0v) is 15.5. The van der Waals surface area contributed by atoms with Crippen molar-refractivity contribution in [3.8, 4) is 0 Å². The van der Waals surface area contributed by atoms with Crippen LogP contribution < -0.4 is 16.6 Å². The predicted octanol–water partition coefficient (Wildman–Crippen LogP) is -2.00. The number of aryl methyl sites for hydroxylation is 1. The van der Waals surface area contributed by atoms with Crippen molar-refractivity contribution >= 4 is 27.1 Å². The number of aromatic amines is 1. The average molecular weight is 384 g/mol. The number of H-pyrrole nitrogens is 1. The van der Waals surface area contributed by atoms with E-state index in [1.54, 1.807) is 0 Å². The largest absolute Gasteiger partial charge is 0.347 e. The molecule has 0 saturated carbocycles. The van der Waals surface area contributed by atoms with Crippen molar-refractivity contribution in [1.29, 1.82) is 0 Å². The van der Waals surface area contributed by atoms with Crippen molar-refractivity contribution in [3.63, 3.8) is 0 Å². The molecule has 3 heterocycles. The Morgan fingerprint density at radius 1 is 1.31 bits per heavy atom. The predicted molar refractivity (Wildman–Crippen MR) is 93.0 cm³/mol. The molecule has 142 valence electrons. The number of nitrogens with zero attached hydrogens (tertiary/aromatic N) is 4. The second kappa shape index (κ2) is 6.36. The molecule has 11 nitrogen and oxygen atoms in total. The summed E-state index contributed by atoms with van der Waals surface area (Å²) in [6, 6.07) is -0.744. The first-order valence-corrected chi connectivity index (χ1v) is 9.85. The van der Waals surface area contributed by atoms with E-state index < -0.39 is 33.2 Å². The third-order valence-corrected chi connectivity index (χ3v) is 5.80. The molecule has 0 bridgehead atoms. The molecular formula is C14H20N6O5S. The van der Waals surface area contributed by atoms with Gasteiger partial charge in [-0.2, -0.15) is 4.31 Å². The number of hydrogen-bond donors (Lipinski definition) is 2. The Morgan fingerprint density at radius 2 is 2.00 bits per heavy atom. The van der Waals surface area contributed by atoms with E-state index in [0.717, 1.165) is 10.8 Å². The number of hydrogen-bond acceptors (Lipinski definition) is 6. The molecule has 0 aliphatic carbocycles. The molecule has 26 heavy (non-hydrogen) atoms. The van der Waals surface area contributed by atoms with Crippen LogP contribution in [-0.4, -0.2) is 56.6 Å². The molecule has 0 spiro atoms. The lowest BCUT2D eigenvalue weighted by molar-refractivity contribution is -0.124. The van der Waals surface area contributed by atoms with E-state index in [4.69, 9.17) is 0 Å². The van der Waals surface area contributed by atoms with E-state index in [2.05, 4.69) is 15.3 Å². The molecule has 1 amide bonds. The fourth-order valence-electron chi connectivity index (χ4n) is 3.15. The summed E-state index contributed by atoms with van der Waals surface area (Å²) < 4.78 is 26.9. The summed E-state index contributed by atoms with van der Waals surface area (Å²) in [6.45, 7) is 0.304. The molecule has 2 aromatic heterocycles. The number of sulfonamides is 1. The van der Waals surface area contributed by atoms with E-state index in [1.807, 2.05) is 0 Å². The number of carbonyl (C=O) groups is 1. The molecule has 2 aromatic rings. The summed E-state index contributed by atoms with van der Waals surface area (Å²) in [5, 5.41) is 2.64. The second-order valence-corrected chi connectivity index (χ2v) is 8.27. The van der Waals surface area contributed by atoms with Gasteiger partial charge in [0.2, 0.25) is 15.9 Å². The van der Waals surface area contributed by atoms with Crippen LogP contribution in [-0.2, 0) is 35.5 Å². The quantitative estimate of drug-likeness (QED) is 0.625. The van der Waals surface area contributed by atoms with E-state index in [9.17, 15) is 22.8 Å². The summed E-state index contributed by atoms with van der Waals surface area (Å²) >= 11 is 0. The highest BCUT2D eigenvalue weighted by molar-refractivity contribution is 7.88. The molecule has 1 fully saturated rings. The number of rotatable bonds is 4. The topological polar surface area (TPSA) is 139 Å². The average Bonchev–Trinajstić information content (AvgIpc) is 3.22. The molecule has 0 radical (unpaired) electrons. The van der Waals surface area contributed by atoms with Crippen LogP contribution in [0, 0.1) is 0 Å². The lowest BCUT2D eigenvalue weighted by atomic mass is 10.2. The molecular weight excluding hydrogens is 364 g/mol. The van der Waals surface area contributed by atoms with Gasteiger partial charge in [0.15, 0.2) is 5.65 Å². The standard InChI is InChI=1S/C14H20N6O5S/c1-18-11-10(13(22)19(2)14(18)23)16-9(17-11)7-15-12(21)8-5-4-6-20(8)26(3,24)25/h8H,4-7H2,1-3H3,(H,15,21)(H,16,17). The molecule has 1 aliphatic rings. The molecule has 1 aliphatic heterocycles. The maximum Gasteiger partial charge on any atom is 0.332 e. The first-order valence-electron chi connectivity index (χ1n) is 8.00. The van der Waals surface area contributed by atoms with Crippen LogP contribution in [0.5, 0.6) is 0 Å². The van der Waals surface area contributed by atoms with Crippen LogP contribution in [0.4, 0.5) is 0 Å². The number of carbonyl (C=O) groups excluding carboxylic acids is 1. The molecule has 1 atom stereocenters. The van der Waals surface area contributed by atoms with Crippen LogP contribution in [0.15, 0.2) is 9.59 Å². The Bertz CT molecular complexity index is 1100. The monoisotopic (exact) mass is 384 g/mol. The minimum Gasteiger partial charge on any atom is -0.347 e. The molecule has 0 aromatic carbocycles. The van der Waals surface area contributed by atoms with Gasteiger partial charge >= 0.3 is 5.69 Å². The number of imidazole rings is 1. The van der Waals surface area contributed by atoms with E-state index >= 15 is 0 Å². The van der Waals surface area contributed by atoms with Gasteiger partial charge in [-0.15, -0.1) is 0 Å². The second-order valence-electron chi connectivity index (χ2n) is 6.34. The highest BCUT2D eigenvalue weighted by Gasteiger charge is 2.36. The van der Waals surface area contributed by atoms with Gasteiger partial charge in [0.05, 0.1) is 12.8 Å². The Hall–Kier alpha value is -2.47. The minimum absolute atomic E-state index is 0.0149. The van der Waals surface area contributed by atoms with E-state index in [1.165, 1.54) is 23.0 Å². The van der Waals surface area contributed by atoms with Crippen LogP contribution in [0.1, 0.15) is 18.7 Å². The molecule has 3 rings (SSSR count). The van der Waals surface area contributed by atoms with Crippen LogP contribution >= 0.6 is 0 Å². The summed E-state index contributed by atoms with van der Waals surface area (Å²) in [4.78, 5) is 43.4. The smallest absolute Gasteiger partial charge is 0.332 e. The van der Waals surface area contributed by atoms with Crippen LogP contribution in [0.3, 0.4) is 0 Å². The Morgan fingerprint density at radius 3 is 2.65 bits per heavy atom. The SMILES string of the molecule is Cn1c(=O)c2[nH]c(CNC(=O)C3CCCN3S(C)(=O)=O)nc2n(C)c1=O. The maximum absolute atomic E-state index is 12.4. The van der Waals surface area contributed by atoms with Crippen molar-refractivity contribution in [2.75, 3.05) is 12.8 Å². The van der Waals surface area contributed by atoms with Crippen LogP contribution in [0.2, 0.25) is 0 Å². The Labute approximate surface area is 148 Å². The van der Waals surface area contributed by atoms with Crippen molar-refractivity contribution in [2.24, 2.45) is 14.1 Å². The van der Waals surface area contributed by atoms with Gasteiger partial charge in [-0.05, 0) is 12.8 Å². The van der Waals surface area contributed by atoms with Crippen molar-refractivity contribution < 1.29 is 13.2 Å². The number of amides is 1. The zero-order valence-electron chi connectivity index (χ0n) is 14.6. The van der Waals surface area contributed by atoms with Gasteiger partial charge in [0, 0.05) is 20.6 Å².